The fourth-order valence-corrected chi connectivity index (χ4v) is 5.24. The van der Waals surface area contributed by atoms with E-state index < -0.39 is 9.84 Å². The van der Waals surface area contributed by atoms with Gasteiger partial charge in [-0.1, -0.05) is 29.5 Å². The van der Waals surface area contributed by atoms with Crippen LogP contribution in [0.1, 0.15) is 5.56 Å². The van der Waals surface area contributed by atoms with Gasteiger partial charge in [-0.25, -0.2) is 13.4 Å². The van der Waals surface area contributed by atoms with Gasteiger partial charge in [0.05, 0.1) is 21.5 Å². The van der Waals surface area contributed by atoms with Gasteiger partial charge in [-0.2, -0.15) is 0 Å². The quantitative estimate of drug-likeness (QED) is 0.436. The lowest BCUT2D eigenvalue weighted by Crippen LogP contribution is -2.37. The molecular weight excluding hydrogens is 474 g/mol. The number of thioether (sulfide) groups is 1. The Balaban J connectivity index is 0.00000341. The van der Waals surface area contributed by atoms with Crippen LogP contribution in [0.3, 0.4) is 0 Å². The number of likely N-dealkylation sites (N-methyl/N-ethyl adjacent to an activating group) is 1. The third-order valence-electron chi connectivity index (χ3n) is 4.60. The molecule has 0 aliphatic carbocycles. The molecule has 168 valence electrons. The molecule has 0 aliphatic rings. The van der Waals surface area contributed by atoms with Crippen LogP contribution in [0.2, 0.25) is 0 Å². The molecule has 0 saturated carbocycles. The number of hydrogen-bond donors (Lipinski definition) is 0. The molecular formula is C21H26ClN3O3S3. The standard InChI is InChI=1S/C21H25N3O3S3.ClH/c1-23(2)12-13-24(21-22-20-17(28-3)6-5-7-18(20)29-21)19(25)14-15-8-10-16(11-9-15)30(4,26)27;/h5-11H,12-14H2,1-4H3;1H. The van der Waals surface area contributed by atoms with E-state index in [0.29, 0.717) is 18.2 Å². The summed E-state index contributed by atoms with van der Waals surface area (Å²) in [7, 11) is 0.680. The van der Waals surface area contributed by atoms with Crippen LogP contribution in [0.5, 0.6) is 0 Å². The van der Waals surface area contributed by atoms with Crippen molar-refractivity contribution in [2.45, 2.75) is 16.2 Å². The molecule has 0 spiro atoms. The van der Waals surface area contributed by atoms with E-state index in [-0.39, 0.29) is 29.6 Å². The Kier molecular flexibility index (Phi) is 8.91. The summed E-state index contributed by atoms with van der Waals surface area (Å²) in [5, 5.41) is 0.686. The van der Waals surface area contributed by atoms with E-state index in [1.165, 1.54) is 17.6 Å². The number of nitrogens with zero attached hydrogens (tertiary/aromatic N) is 3. The highest BCUT2D eigenvalue weighted by Crippen LogP contribution is 2.34. The first-order chi connectivity index (χ1) is 14.2. The van der Waals surface area contributed by atoms with Gasteiger partial charge in [-0.05, 0) is 50.2 Å². The fourth-order valence-electron chi connectivity index (χ4n) is 2.94. The smallest absolute Gasteiger partial charge is 0.233 e. The molecule has 1 amide bonds. The highest BCUT2D eigenvalue weighted by Gasteiger charge is 2.21. The number of aromatic nitrogens is 1. The predicted molar refractivity (Wildman–Crippen MR) is 133 cm³/mol. The maximum Gasteiger partial charge on any atom is 0.233 e. The number of halogens is 1. The molecule has 0 saturated heterocycles. The van der Waals surface area contributed by atoms with Gasteiger partial charge in [0, 0.05) is 24.2 Å². The molecule has 0 unspecified atom stereocenters. The lowest BCUT2D eigenvalue weighted by atomic mass is 10.1. The maximum atomic E-state index is 13.2. The zero-order chi connectivity index (χ0) is 21.9. The zero-order valence-corrected chi connectivity index (χ0v) is 21.1. The summed E-state index contributed by atoms with van der Waals surface area (Å²) in [6.45, 7) is 1.24. The summed E-state index contributed by atoms with van der Waals surface area (Å²) in [6, 6.07) is 12.5. The number of hydrogen-bond acceptors (Lipinski definition) is 7. The van der Waals surface area contributed by atoms with Gasteiger partial charge in [0.25, 0.3) is 0 Å². The second kappa shape index (κ2) is 10.8. The minimum atomic E-state index is -3.26. The molecule has 0 fully saturated rings. The second-order valence-corrected chi connectivity index (χ2v) is 11.1. The lowest BCUT2D eigenvalue weighted by Gasteiger charge is -2.22. The summed E-state index contributed by atoms with van der Waals surface area (Å²) < 4.78 is 24.4. The Morgan fingerprint density at radius 2 is 1.77 bits per heavy atom. The zero-order valence-electron chi connectivity index (χ0n) is 17.9. The monoisotopic (exact) mass is 499 g/mol. The van der Waals surface area contributed by atoms with Crippen LogP contribution < -0.4 is 4.90 Å². The van der Waals surface area contributed by atoms with Gasteiger partial charge in [0.15, 0.2) is 15.0 Å². The molecule has 3 aromatic rings. The van der Waals surface area contributed by atoms with Crippen molar-refractivity contribution >= 4 is 66.6 Å². The van der Waals surface area contributed by atoms with E-state index in [1.807, 2.05) is 43.5 Å². The summed E-state index contributed by atoms with van der Waals surface area (Å²) in [4.78, 5) is 23.1. The third-order valence-corrected chi connectivity index (χ3v) is 7.54. The van der Waals surface area contributed by atoms with E-state index in [4.69, 9.17) is 4.98 Å². The third kappa shape index (κ3) is 6.43. The van der Waals surface area contributed by atoms with E-state index in [9.17, 15) is 13.2 Å². The van der Waals surface area contributed by atoms with E-state index >= 15 is 0 Å². The van der Waals surface area contributed by atoms with Crippen LogP contribution in [0.4, 0.5) is 5.13 Å². The van der Waals surface area contributed by atoms with Crippen molar-refractivity contribution in [3.8, 4) is 0 Å². The number of benzene rings is 2. The van der Waals surface area contributed by atoms with Crippen molar-refractivity contribution in [2.24, 2.45) is 0 Å². The molecule has 6 nitrogen and oxygen atoms in total. The average molecular weight is 500 g/mol. The summed E-state index contributed by atoms with van der Waals surface area (Å²) in [6.07, 6.45) is 3.37. The largest absolute Gasteiger partial charge is 0.308 e. The Morgan fingerprint density at radius 1 is 1.10 bits per heavy atom. The molecule has 0 N–H and O–H groups in total. The van der Waals surface area contributed by atoms with Gasteiger partial charge in [0.2, 0.25) is 5.91 Å². The van der Waals surface area contributed by atoms with Crippen LogP contribution in [0, 0.1) is 0 Å². The second-order valence-electron chi connectivity index (χ2n) is 7.25. The van der Waals surface area contributed by atoms with E-state index in [1.54, 1.807) is 40.9 Å². The average Bonchev–Trinajstić information content (AvgIpc) is 3.11. The van der Waals surface area contributed by atoms with Crippen LogP contribution in [-0.4, -0.2) is 63.9 Å². The van der Waals surface area contributed by atoms with E-state index in [0.717, 1.165) is 20.7 Å². The molecule has 1 heterocycles. The topological polar surface area (TPSA) is 70.6 Å². The first kappa shape index (κ1) is 25.6. The van der Waals surface area contributed by atoms with Crippen LogP contribution in [0.15, 0.2) is 52.3 Å². The Morgan fingerprint density at radius 3 is 2.35 bits per heavy atom. The Hall–Kier alpha value is -1.65. The van der Waals surface area contributed by atoms with Gasteiger partial charge < -0.3 is 4.90 Å². The number of anilines is 1. The fraction of sp³-hybridized carbons (Fsp3) is 0.333. The number of para-hydroxylation sites is 1. The molecule has 2 aromatic carbocycles. The van der Waals surface area contributed by atoms with Crippen molar-refractivity contribution in [2.75, 3.05) is 44.6 Å². The minimum absolute atomic E-state index is 0. The van der Waals surface area contributed by atoms with Gasteiger partial charge >= 0.3 is 0 Å². The van der Waals surface area contributed by atoms with Gasteiger partial charge in [0.1, 0.15) is 0 Å². The number of amides is 1. The number of sulfone groups is 1. The first-order valence-electron chi connectivity index (χ1n) is 9.36. The predicted octanol–water partition coefficient (Wildman–Crippen LogP) is 3.98. The maximum absolute atomic E-state index is 13.2. The molecule has 3 rings (SSSR count). The molecule has 0 bridgehead atoms. The first-order valence-corrected chi connectivity index (χ1v) is 13.3. The SMILES string of the molecule is CSc1cccc2sc(N(CCN(C)C)C(=O)Cc3ccc(S(C)(=O)=O)cc3)nc12.Cl. The van der Waals surface area contributed by atoms with E-state index in [2.05, 4.69) is 0 Å². The molecule has 0 aliphatic heterocycles. The van der Waals surface area contributed by atoms with Crippen molar-refractivity contribution in [3.05, 3.63) is 48.0 Å². The van der Waals surface area contributed by atoms with Crippen molar-refractivity contribution < 1.29 is 13.2 Å². The molecule has 1 aromatic heterocycles. The highest BCUT2D eigenvalue weighted by molar-refractivity contribution is 7.98. The van der Waals surface area contributed by atoms with Crippen molar-refractivity contribution in [1.29, 1.82) is 0 Å². The number of fused-ring (bicyclic) bond motifs is 1. The molecule has 0 atom stereocenters. The summed E-state index contributed by atoms with van der Waals surface area (Å²) in [5.74, 6) is -0.0614. The number of carbonyl (C=O) groups excluding carboxylic acids is 1. The normalized spacial score (nSPS) is 11.5. The number of thiazole rings is 1. The highest BCUT2D eigenvalue weighted by atomic mass is 35.5. The summed E-state index contributed by atoms with van der Waals surface area (Å²) in [5.41, 5.74) is 1.69. The Bertz CT molecular complexity index is 1150. The molecule has 10 heteroatoms. The number of rotatable bonds is 8. The van der Waals surface area contributed by atoms with Crippen LogP contribution in [0.25, 0.3) is 10.2 Å². The van der Waals surface area contributed by atoms with Crippen molar-refractivity contribution in [1.82, 2.24) is 9.88 Å². The molecule has 0 radical (unpaired) electrons. The van der Waals surface area contributed by atoms with Crippen LogP contribution >= 0.6 is 35.5 Å². The minimum Gasteiger partial charge on any atom is -0.308 e. The van der Waals surface area contributed by atoms with Gasteiger partial charge in [-0.15, -0.1) is 24.2 Å². The number of carbonyl (C=O) groups is 1. The molecule has 31 heavy (non-hydrogen) atoms. The Labute approximate surface area is 198 Å². The lowest BCUT2D eigenvalue weighted by molar-refractivity contribution is -0.118. The van der Waals surface area contributed by atoms with Crippen molar-refractivity contribution in [3.63, 3.8) is 0 Å². The summed E-state index contributed by atoms with van der Waals surface area (Å²) >= 11 is 3.15. The van der Waals surface area contributed by atoms with Gasteiger partial charge in [-0.3, -0.25) is 9.69 Å². The van der Waals surface area contributed by atoms with Crippen LogP contribution in [-0.2, 0) is 21.1 Å².